The molecule has 0 saturated carbocycles. The molecule has 0 aliphatic carbocycles. The molecule has 2 aromatic heterocycles. The van der Waals surface area contributed by atoms with Gasteiger partial charge in [-0.15, -0.1) is 0 Å². The molecule has 21 nitrogen and oxygen atoms in total. The fraction of sp³-hybridized carbons (Fsp3) is 0.714. The molecule has 2 aliphatic rings. The van der Waals surface area contributed by atoms with Crippen molar-refractivity contribution in [3.63, 3.8) is 0 Å². The Morgan fingerprint density at radius 2 is 1.07 bits per heavy atom. The maximum atomic E-state index is 16.6. The summed E-state index contributed by atoms with van der Waals surface area (Å²) in [5.41, 5.74) is -3.59. The molecule has 0 radical (unpaired) electrons. The van der Waals surface area contributed by atoms with Crippen LogP contribution in [-0.2, 0) is 55.2 Å². The molecule has 306 valence electrons. The van der Waals surface area contributed by atoms with Crippen LogP contribution in [0.4, 0.5) is 8.78 Å². The Bertz CT molecular complexity index is 1750. The van der Waals surface area contributed by atoms with E-state index in [4.69, 9.17) is 46.1 Å². The molecule has 4 heterocycles. The molecule has 2 saturated heterocycles. The quantitative estimate of drug-likeness (QED) is 0.193. The summed E-state index contributed by atoms with van der Waals surface area (Å²) in [4.78, 5) is 52.9. The molecule has 0 amide bonds. The van der Waals surface area contributed by atoms with Gasteiger partial charge in [-0.1, -0.05) is 0 Å². The zero-order valence-corrected chi connectivity index (χ0v) is 33.2. The summed E-state index contributed by atoms with van der Waals surface area (Å²) < 4.78 is 117. The van der Waals surface area contributed by atoms with Gasteiger partial charge in [0.2, 0.25) is 0 Å². The van der Waals surface area contributed by atoms with E-state index in [0.29, 0.717) is 0 Å². The molecule has 2 aromatic rings. The number of H-pyrrole nitrogens is 2. The lowest BCUT2D eigenvalue weighted by Crippen LogP contribution is -2.42. The van der Waals surface area contributed by atoms with Crippen molar-refractivity contribution in [2.24, 2.45) is 0 Å². The van der Waals surface area contributed by atoms with Crippen molar-refractivity contribution in [3.05, 3.63) is 66.2 Å². The van der Waals surface area contributed by atoms with E-state index in [2.05, 4.69) is 0 Å². The number of nitrogens with one attached hydrogen (secondary N) is 2. The summed E-state index contributed by atoms with van der Waals surface area (Å²) in [7, 11) is -6.06. The Hall–Kier alpha value is -2.33. The fourth-order valence-electron chi connectivity index (χ4n) is 5.39. The monoisotopic (exact) mass is 837 g/mol. The first kappa shape index (κ1) is 44.4. The number of alkyl halides is 2. The van der Waals surface area contributed by atoms with Gasteiger partial charge in [0, 0.05) is 65.0 Å². The molecule has 2 fully saturated rings. The van der Waals surface area contributed by atoms with Gasteiger partial charge in [-0.05, 0) is 27.7 Å². The third-order valence-electron chi connectivity index (χ3n) is 8.08. The average molecular weight is 838 g/mol. The van der Waals surface area contributed by atoms with Crippen LogP contribution in [0.1, 0.15) is 40.2 Å². The number of aromatic amines is 2. The van der Waals surface area contributed by atoms with Crippen LogP contribution in [0.2, 0.25) is 0 Å². The van der Waals surface area contributed by atoms with E-state index < -0.39 is 121 Å². The molecule has 54 heavy (non-hydrogen) atoms. The summed E-state index contributed by atoms with van der Waals surface area (Å²) in [6, 6.07) is 1.04. The molecule has 0 bridgehead atoms. The molecule has 4 rings (SSSR count). The Morgan fingerprint density at radius 3 is 1.37 bits per heavy atom. The minimum atomic E-state index is -3.89. The van der Waals surface area contributed by atoms with Crippen LogP contribution in [0.15, 0.2) is 43.7 Å². The van der Waals surface area contributed by atoms with E-state index in [9.17, 15) is 28.3 Å². The van der Waals surface area contributed by atoms with Gasteiger partial charge in [0.05, 0.1) is 0 Å². The van der Waals surface area contributed by atoms with Crippen molar-refractivity contribution in [2.45, 2.75) is 89.4 Å². The third kappa shape index (κ3) is 10.1. The molecule has 2 N–H and O–H groups in total. The summed E-state index contributed by atoms with van der Waals surface area (Å²) >= 11 is 0. The van der Waals surface area contributed by atoms with Crippen molar-refractivity contribution in [3.8, 4) is 0 Å². The van der Waals surface area contributed by atoms with Gasteiger partial charge in [0.25, 0.3) is 19.6 Å². The molecular weight excluding hydrogens is 793 g/mol. The summed E-state index contributed by atoms with van der Waals surface area (Å²) in [6.07, 6.45) is -14.7. The second-order valence-corrected chi connectivity index (χ2v) is 18.0. The molecule has 0 aromatic carbocycles. The molecule has 0 spiro atoms. The van der Waals surface area contributed by atoms with Crippen LogP contribution in [0.5, 0.6) is 0 Å². The first-order chi connectivity index (χ1) is 25.4. The number of hydrogen-bond donors (Lipinski definition) is 2. The summed E-state index contributed by atoms with van der Waals surface area (Å²) in [6.45, 7) is 6.97. The van der Waals surface area contributed by atoms with E-state index in [1.54, 1.807) is 32.4 Å². The van der Waals surface area contributed by atoms with Crippen molar-refractivity contribution in [1.82, 2.24) is 23.8 Å². The SMILES string of the molecule is COP(=O)(CO[C@H]1O[C@@H](n2ccc(=O)[nH]c2=O)[C@H](F)[C@@H]1OP(O[C@@H]1[C@@H](OCP(=O)(OC)OC)O[C@@H](n2ccc(=O)[nH]c2=O)[C@@H]1F)N(C(C)C)C(C)C)OC. The molecular formula is C28H44F2N5O16P3. The van der Waals surface area contributed by atoms with E-state index in [-0.39, 0.29) is 0 Å². The Kier molecular flexibility index (Phi) is 15.4. The van der Waals surface area contributed by atoms with Crippen LogP contribution in [0, 0.1) is 0 Å². The van der Waals surface area contributed by atoms with Gasteiger partial charge in [-0.2, -0.15) is 0 Å². The Balaban J connectivity index is 1.77. The second kappa shape index (κ2) is 18.7. The minimum Gasteiger partial charge on any atom is -0.337 e. The van der Waals surface area contributed by atoms with Gasteiger partial charge in [0.15, 0.2) is 62.3 Å². The molecule has 0 unspecified atom stereocenters. The Labute approximate surface area is 308 Å². The van der Waals surface area contributed by atoms with Crippen molar-refractivity contribution >= 4 is 23.7 Å². The summed E-state index contributed by atoms with van der Waals surface area (Å²) in [5, 5.41) is 0. The standard InChI is InChI=1S/C28H44F2N5O16P3/c1-15(2)35(16(3)4)52(50-21-19(29)23(33-11-9-17(36)31-27(33)38)48-25(21)46-13-53(40,42-5)43-6)51-22-20(30)24(34-12-10-18(37)32-28(34)39)49-26(22)47-14-54(41,44-7)45-8/h9-12,15-16,19-26H,13-14H2,1-8H3,(H,31,36,38)(H,32,37,39)/t19-,20-,21+,22+,23-,24-,25+,26+/m1/s1. The minimum absolute atomic E-state index is 0.435. The molecule has 2 aliphatic heterocycles. The van der Waals surface area contributed by atoms with Gasteiger partial charge in [-0.25, -0.2) is 23.0 Å². The first-order valence-corrected chi connectivity index (χ1v) is 20.8. The maximum absolute atomic E-state index is 16.6. The van der Waals surface area contributed by atoms with Crippen LogP contribution in [-0.4, -0.2) is 114 Å². The number of halogens is 2. The van der Waals surface area contributed by atoms with Gasteiger partial charge in [0.1, 0.15) is 0 Å². The second-order valence-electron chi connectivity index (χ2n) is 12.2. The number of nitrogens with zero attached hydrogens (tertiary/aromatic N) is 3. The number of rotatable bonds is 19. The lowest BCUT2D eigenvalue weighted by molar-refractivity contribution is -0.172. The van der Waals surface area contributed by atoms with E-state index in [1.807, 2.05) is 9.97 Å². The van der Waals surface area contributed by atoms with Crippen molar-refractivity contribution in [1.29, 1.82) is 0 Å². The van der Waals surface area contributed by atoms with Gasteiger partial charge in [-0.3, -0.25) is 37.8 Å². The van der Waals surface area contributed by atoms with Crippen LogP contribution >= 0.6 is 23.7 Å². The average Bonchev–Trinajstić information content (AvgIpc) is 3.60. The molecule has 8 atom stereocenters. The highest BCUT2D eigenvalue weighted by Gasteiger charge is 2.55. The topological polar surface area (TPSA) is 239 Å². The van der Waals surface area contributed by atoms with E-state index >= 15 is 8.78 Å². The number of hydrogen-bond acceptors (Lipinski definition) is 17. The zero-order chi connectivity index (χ0) is 40.1. The highest BCUT2D eigenvalue weighted by atomic mass is 31.2. The highest BCUT2D eigenvalue weighted by molar-refractivity contribution is 7.53. The fourth-order valence-corrected chi connectivity index (χ4v) is 8.63. The summed E-state index contributed by atoms with van der Waals surface area (Å²) in [5.74, 6) is 0. The molecule has 26 heteroatoms. The van der Waals surface area contributed by atoms with E-state index in [0.717, 1.165) is 62.1 Å². The predicted octanol–water partition coefficient (Wildman–Crippen LogP) is 2.51. The number of ether oxygens (including phenoxy) is 4. The maximum Gasteiger partial charge on any atom is 0.355 e. The van der Waals surface area contributed by atoms with Gasteiger partial charge >= 0.3 is 26.6 Å². The third-order valence-corrected chi connectivity index (χ3v) is 13.4. The first-order valence-electron chi connectivity index (χ1n) is 16.2. The van der Waals surface area contributed by atoms with Crippen LogP contribution in [0.3, 0.4) is 0 Å². The number of aromatic nitrogens is 4. The smallest absolute Gasteiger partial charge is 0.337 e. The normalized spacial score (nSPS) is 26.6. The van der Waals surface area contributed by atoms with Crippen molar-refractivity contribution < 1.29 is 64.0 Å². The van der Waals surface area contributed by atoms with E-state index in [1.165, 1.54) is 0 Å². The van der Waals surface area contributed by atoms with Crippen LogP contribution < -0.4 is 22.5 Å². The Morgan fingerprint density at radius 1 is 0.722 bits per heavy atom. The lowest BCUT2D eigenvalue weighted by Gasteiger charge is -2.39. The van der Waals surface area contributed by atoms with Gasteiger partial charge < -0.3 is 46.1 Å². The zero-order valence-electron chi connectivity index (χ0n) is 30.5. The van der Waals surface area contributed by atoms with Crippen LogP contribution in [0.25, 0.3) is 0 Å². The van der Waals surface area contributed by atoms with Crippen molar-refractivity contribution in [2.75, 3.05) is 41.1 Å². The highest BCUT2D eigenvalue weighted by Crippen LogP contribution is 2.55. The largest absolute Gasteiger partial charge is 0.355 e. The predicted molar refractivity (Wildman–Crippen MR) is 184 cm³/mol. The lowest BCUT2D eigenvalue weighted by atomic mass is 10.2.